The topological polar surface area (TPSA) is 35.2 Å². The van der Waals surface area contributed by atoms with Gasteiger partial charge in [-0.05, 0) is 18.6 Å². The summed E-state index contributed by atoms with van der Waals surface area (Å²) < 4.78 is 45.7. The Hall–Kier alpha value is -2.01. The maximum Gasteiger partial charge on any atom is 0.194 e. The van der Waals surface area contributed by atoms with Gasteiger partial charge in [0, 0.05) is 11.1 Å². The Labute approximate surface area is 121 Å². The number of ether oxygens (including phenoxy) is 1. The maximum absolute atomic E-state index is 13.8. The first-order valence-electron chi connectivity index (χ1n) is 6.67. The van der Waals surface area contributed by atoms with Gasteiger partial charge in [-0.15, -0.1) is 0 Å². The Morgan fingerprint density at radius 1 is 1.00 bits per heavy atom. The van der Waals surface area contributed by atoms with E-state index in [9.17, 15) is 13.2 Å². The van der Waals surface area contributed by atoms with E-state index >= 15 is 0 Å². The second kappa shape index (κ2) is 6.63. The zero-order valence-electron chi connectivity index (χ0n) is 11.6. The van der Waals surface area contributed by atoms with Crippen molar-refractivity contribution in [3.63, 3.8) is 0 Å². The highest BCUT2D eigenvalue weighted by Crippen LogP contribution is 2.30. The van der Waals surface area contributed by atoms with Gasteiger partial charge in [0.2, 0.25) is 0 Å². The molecule has 0 saturated heterocycles. The molecule has 2 aromatic rings. The van der Waals surface area contributed by atoms with Crippen molar-refractivity contribution in [1.82, 2.24) is 0 Å². The van der Waals surface area contributed by atoms with Gasteiger partial charge in [0.05, 0.1) is 12.6 Å². The van der Waals surface area contributed by atoms with Gasteiger partial charge < -0.3 is 10.5 Å². The lowest BCUT2D eigenvalue weighted by Crippen LogP contribution is -2.16. The van der Waals surface area contributed by atoms with E-state index in [2.05, 4.69) is 0 Å². The summed E-state index contributed by atoms with van der Waals surface area (Å²) in [6, 6.07) is 7.96. The van der Waals surface area contributed by atoms with Crippen molar-refractivity contribution < 1.29 is 17.9 Å². The van der Waals surface area contributed by atoms with Crippen molar-refractivity contribution in [2.75, 3.05) is 6.61 Å². The van der Waals surface area contributed by atoms with E-state index < -0.39 is 23.5 Å². The number of hydrogen-bond donors (Lipinski definition) is 1. The molecule has 112 valence electrons. The summed E-state index contributed by atoms with van der Waals surface area (Å²) in [5.74, 6) is -3.52. The van der Waals surface area contributed by atoms with Crippen molar-refractivity contribution in [3.05, 3.63) is 65.0 Å². The second-order valence-corrected chi connectivity index (χ2v) is 4.63. The van der Waals surface area contributed by atoms with Gasteiger partial charge in [-0.3, -0.25) is 0 Å². The summed E-state index contributed by atoms with van der Waals surface area (Å²) in [5.41, 5.74) is 6.41. The molecule has 0 heterocycles. The molecule has 0 spiro atoms. The largest absolute Gasteiger partial charge is 0.493 e. The van der Waals surface area contributed by atoms with Crippen LogP contribution in [0.2, 0.25) is 0 Å². The zero-order chi connectivity index (χ0) is 15.4. The van der Waals surface area contributed by atoms with Crippen LogP contribution in [0.25, 0.3) is 0 Å². The van der Waals surface area contributed by atoms with Crippen LogP contribution in [0.3, 0.4) is 0 Å². The quantitative estimate of drug-likeness (QED) is 0.848. The number of rotatable bonds is 5. The van der Waals surface area contributed by atoms with Crippen LogP contribution in [0.5, 0.6) is 5.75 Å². The normalized spacial score (nSPS) is 12.2. The number of nitrogens with two attached hydrogens (primary N) is 1. The van der Waals surface area contributed by atoms with Gasteiger partial charge in [0.1, 0.15) is 5.75 Å². The van der Waals surface area contributed by atoms with Crippen LogP contribution in [-0.4, -0.2) is 6.61 Å². The summed E-state index contributed by atoms with van der Waals surface area (Å²) in [5, 5.41) is 0. The molecule has 0 saturated carbocycles. The van der Waals surface area contributed by atoms with Crippen molar-refractivity contribution in [2.24, 2.45) is 5.73 Å². The summed E-state index contributed by atoms with van der Waals surface area (Å²) in [4.78, 5) is 0. The van der Waals surface area contributed by atoms with Gasteiger partial charge in [-0.25, -0.2) is 13.2 Å². The molecule has 2 N–H and O–H groups in total. The lowest BCUT2D eigenvalue weighted by molar-refractivity contribution is 0.313. The monoisotopic (exact) mass is 295 g/mol. The van der Waals surface area contributed by atoms with Crippen molar-refractivity contribution in [2.45, 2.75) is 19.4 Å². The van der Waals surface area contributed by atoms with E-state index in [1.54, 1.807) is 24.3 Å². The molecule has 21 heavy (non-hydrogen) atoms. The molecule has 2 rings (SSSR count). The lowest BCUT2D eigenvalue weighted by Gasteiger charge is -2.18. The zero-order valence-corrected chi connectivity index (χ0v) is 11.6. The fourth-order valence-electron chi connectivity index (χ4n) is 2.03. The van der Waals surface area contributed by atoms with Crippen LogP contribution in [0.15, 0.2) is 36.4 Å². The average molecular weight is 295 g/mol. The number of halogens is 3. The first-order chi connectivity index (χ1) is 10.1. The first kappa shape index (κ1) is 15.4. The van der Waals surface area contributed by atoms with Gasteiger partial charge in [0.25, 0.3) is 0 Å². The molecule has 2 aromatic carbocycles. The summed E-state index contributed by atoms with van der Waals surface area (Å²) in [7, 11) is 0. The summed E-state index contributed by atoms with van der Waals surface area (Å²) in [6.07, 6.45) is 0.809. The molecule has 0 fully saturated rings. The highest BCUT2D eigenvalue weighted by molar-refractivity contribution is 5.41. The molecule has 1 unspecified atom stereocenters. The molecule has 0 bridgehead atoms. The molecular weight excluding hydrogens is 279 g/mol. The number of benzene rings is 2. The van der Waals surface area contributed by atoms with Crippen molar-refractivity contribution in [3.8, 4) is 5.75 Å². The molecule has 5 heteroatoms. The van der Waals surface area contributed by atoms with E-state index in [-0.39, 0.29) is 5.56 Å². The van der Waals surface area contributed by atoms with E-state index in [1.165, 1.54) is 0 Å². The lowest BCUT2D eigenvalue weighted by atomic mass is 9.98. The molecule has 0 aliphatic rings. The molecule has 0 aliphatic carbocycles. The number of hydrogen-bond acceptors (Lipinski definition) is 2. The van der Waals surface area contributed by atoms with Gasteiger partial charge in [0.15, 0.2) is 17.5 Å². The van der Waals surface area contributed by atoms with E-state index in [1.807, 2.05) is 6.92 Å². The Balaban J connectivity index is 2.41. The SMILES string of the molecule is CCCOc1ccccc1C(N)c1ccc(F)c(F)c1F. The first-order valence-corrected chi connectivity index (χ1v) is 6.67. The van der Waals surface area contributed by atoms with E-state index in [0.29, 0.717) is 17.9 Å². The fourth-order valence-corrected chi connectivity index (χ4v) is 2.03. The molecule has 0 amide bonds. The third-order valence-electron chi connectivity index (χ3n) is 3.12. The van der Waals surface area contributed by atoms with Crippen LogP contribution in [0.4, 0.5) is 13.2 Å². The van der Waals surface area contributed by atoms with E-state index in [0.717, 1.165) is 18.6 Å². The fraction of sp³-hybridized carbons (Fsp3) is 0.250. The number of para-hydroxylation sites is 1. The van der Waals surface area contributed by atoms with Crippen molar-refractivity contribution >= 4 is 0 Å². The van der Waals surface area contributed by atoms with Crippen molar-refractivity contribution in [1.29, 1.82) is 0 Å². The van der Waals surface area contributed by atoms with Crippen LogP contribution in [-0.2, 0) is 0 Å². The third kappa shape index (κ3) is 3.19. The van der Waals surface area contributed by atoms with Gasteiger partial charge >= 0.3 is 0 Å². The van der Waals surface area contributed by atoms with Crippen LogP contribution in [0.1, 0.15) is 30.5 Å². The molecule has 0 radical (unpaired) electrons. The molecule has 0 aliphatic heterocycles. The Kier molecular flexibility index (Phi) is 4.85. The molecular formula is C16H16F3NO. The maximum atomic E-state index is 13.8. The molecule has 0 aromatic heterocycles. The van der Waals surface area contributed by atoms with Gasteiger partial charge in [-0.1, -0.05) is 31.2 Å². The highest BCUT2D eigenvalue weighted by Gasteiger charge is 2.21. The summed E-state index contributed by atoms with van der Waals surface area (Å²) >= 11 is 0. The van der Waals surface area contributed by atoms with E-state index in [4.69, 9.17) is 10.5 Å². The predicted octanol–water partition coefficient (Wildman–Crippen LogP) is 3.94. The Bertz CT molecular complexity index is 631. The smallest absolute Gasteiger partial charge is 0.194 e. The highest BCUT2D eigenvalue weighted by atomic mass is 19.2. The minimum atomic E-state index is -1.52. The summed E-state index contributed by atoms with van der Waals surface area (Å²) in [6.45, 7) is 2.45. The minimum Gasteiger partial charge on any atom is -0.493 e. The third-order valence-corrected chi connectivity index (χ3v) is 3.12. The van der Waals surface area contributed by atoms with Crippen LogP contribution in [0, 0.1) is 17.5 Å². The second-order valence-electron chi connectivity index (χ2n) is 4.63. The minimum absolute atomic E-state index is 0.110. The Morgan fingerprint density at radius 3 is 2.43 bits per heavy atom. The average Bonchev–Trinajstić information content (AvgIpc) is 2.50. The van der Waals surface area contributed by atoms with Gasteiger partial charge in [-0.2, -0.15) is 0 Å². The molecule has 2 nitrogen and oxygen atoms in total. The van der Waals surface area contributed by atoms with Crippen LogP contribution < -0.4 is 10.5 Å². The molecule has 1 atom stereocenters. The standard InChI is InChI=1S/C16H16F3NO/c1-2-9-21-13-6-4-3-5-10(13)16(20)11-7-8-12(17)15(19)14(11)18/h3-8,16H,2,9,20H2,1H3. The Morgan fingerprint density at radius 2 is 1.71 bits per heavy atom. The predicted molar refractivity (Wildman–Crippen MR) is 74.6 cm³/mol. The van der Waals surface area contributed by atoms with Crippen LogP contribution >= 0.6 is 0 Å².